The Kier molecular flexibility index (Phi) is 5.02. The standard InChI is InChI=1S/C17H21NO2/c1-3-19-15-8-5-9-16(11-15)20-17(12-18)14-7-4-6-13(2)10-14/h4-11,17H,3,12,18H2,1-2H3. The van der Waals surface area contributed by atoms with Crippen molar-refractivity contribution in [2.45, 2.75) is 20.0 Å². The monoisotopic (exact) mass is 271 g/mol. The van der Waals surface area contributed by atoms with Crippen molar-refractivity contribution in [3.8, 4) is 11.5 Å². The van der Waals surface area contributed by atoms with E-state index in [9.17, 15) is 0 Å². The van der Waals surface area contributed by atoms with Crippen molar-refractivity contribution in [3.05, 3.63) is 59.7 Å². The van der Waals surface area contributed by atoms with Crippen LogP contribution in [0.3, 0.4) is 0 Å². The van der Waals surface area contributed by atoms with Crippen molar-refractivity contribution in [1.82, 2.24) is 0 Å². The molecular formula is C17H21NO2. The molecule has 2 N–H and O–H groups in total. The molecule has 3 heteroatoms. The number of nitrogens with two attached hydrogens (primary N) is 1. The molecule has 2 aromatic rings. The number of rotatable bonds is 6. The molecule has 0 aromatic heterocycles. The van der Waals surface area contributed by atoms with Crippen molar-refractivity contribution >= 4 is 0 Å². The van der Waals surface area contributed by atoms with E-state index < -0.39 is 0 Å². The summed E-state index contributed by atoms with van der Waals surface area (Å²) in [5, 5.41) is 0. The molecule has 0 saturated heterocycles. The predicted molar refractivity (Wildman–Crippen MR) is 81.2 cm³/mol. The van der Waals surface area contributed by atoms with Crippen molar-refractivity contribution < 1.29 is 9.47 Å². The molecule has 0 spiro atoms. The Balaban J connectivity index is 2.15. The fourth-order valence-corrected chi connectivity index (χ4v) is 2.09. The Morgan fingerprint density at radius 2 is 1.80 bits per heavy atom. The Labute approximate surface area is 120 Å². The number of hydrogen-bond donors (Lipinski definition) is 1. The molecule has 20 heavy (non-hydrogen) atoms. The van der Waals surface area contributed by atoms with Crippen LogP contribution < -0.4 is 15.2 Å². The van der Waals surface area contributed by atoms with E-state index >= 15 is 0 Å². The summed E-state index contributed by atoms with van der Waals surface area (Å²) in [5.41, 5.74) is 8.14. The number of hydrogen-bond acceptors (Lipinski definition) is 3. The van der Waals surface area contributed by atoms with E-state index in [2.05, 4.69) is 19.1 Å². The van der Waals surface area contributed by atoms with E-state index in [1.54, 1.807) is 0 Å². The highest BCUT2D eigenvalue weighted by Gasteiger charge is 2.12. The molecule has 0 heterocycles. The molecule has 0 radical (unpaired) electrons. The second-order valence-electron chi connectivity index (χ2n) is 4.66. The van der Waals surface area contributed by atoms with Crippen LogP contribution in [0.25, 0.3) is 0 Å². The maximum Gasteiger partial charge on any atom is 0.136 e. The molecule has 0 fully saturated rings. The summed E-state index contributed by atoms with van der Waals surface area (Å²) in [4.78, 5) is 0. The van der Waals surface area contributed by atoms with Crippen LogP contribution in [0.2, 0.25) is 0 Å². The smallest absolute Gasteiger partial charge is 0.136 e. The van der Waals surface area contributed by atoms with Crippen LogP contribution in [0.1, 0.15) is 24.2 Å². The van der Waals surface area contributed by atoms with Gasteiger partial charge < -0.3 is 15.2 Å². The molecule has 2 rings (SSSR count). The van der Waals surface area contributed by atoms with E-state index in [1.165, 1.54) is 5.56 Å². The maximum atomic E-state index is 5.99. The van der Waals surface area contributed by atoms with Crippen LogP contribution in [-0.2, 0) is 0 Å². The number of ether oxygens (including phenoxy) is 2. The lowest BCUT2D eigenvalue weighted by Crippen LogP contribution is -2.18. The van der Waals surface area contributed by atoms with Gasteiger partial charge in [0.1, 0.15) is 17.6 Å². The average molecular weight is 271 g/mol. The molecule has 0 amide bonds. The van der Waals surface area contributed by atoms with E-state index in [0.717, 1.165) is 17.1 Å². The summed E-state index contributed by atoms with van der Waals surface area (Å²) in [6.45, 7) is 5.10. The van der Waals surface area contributed by atoms with Gasteiger partial charge in [-0.1, -0.05) is 35.9 Å². The molecule has 1 atom stereocenters. The van der Waals surface area contributed by atoms with Gasteiger partial charge in [0.05, 0.1) is 6.61 Å². The Hall–Kier alpha value is -2.00. The minimum Gasteiger partial charge on any atom is -0.494 e. The lowest BCUT2D eigenvalue weighted by Gasteiger charge is -2.18. The van der Waals surface area contributed by atoms with Crippen LogP contribution >= 0.6 is 0 Å². The second-order valence-corrected chi connectivity index (χ2v) is 4.66. The van der Waals surface area contributed by atoms with Crippen LogP contribution in [0.4, 0.5) is 0 Å². The van der Waals surface area contributed by atoms with Crippen LogP contribution in [-0.4, -0.2) is 13.2 Å². The normalized spacial score (nSPS) is 11.9. The highest BCUT2D eigenvalue weighted by atomic mass is 16.5. The summed E-state index contributed by atoms with van der Waals surface area (Å²) in [6, 6.07) is 15.9. The summed E-state index contributed by atoms with van der Waals surface area (Å²) in [7, 11) is 0. The lowest BCUT2D eigenvalue weighted by molar-refractivity contribution is 0.213. The number of aryl methyl sites for hydroxylation is 1. The zero-order chi connectivity index (χ0) is 14.4. The first-order valence-electron chi connectivity index (χ1n) is 6.89. The van der Waals surface area contributed by atoms with Crippen LogP contribution in [0, 0.1) is 6.92 Å². The van der Waals surface area contributed by atoms with Gasteiger partial charge in [-0.3, -0.25) is 0 Å². The van der Waals surface area contributed by atoms with Gasteiger partial charge in [0, 0.05) is 12.6 Å². The lowest BCUT2D eigenvalue weighted by atomic mass is 10.1. The van der Waals surface area contributed by atoms with Gasteiger partial charge in [-0.25, -0.2) is 0 Å². The molecule has 106 valence electrons. The third-order valence-corrected chi connectivity index (χ3v) is 3.02. The zero-order valence-corrected chi connectivity index (χ0v) is 12.0. The minimum atomic E-state index is -0.147. The van der Waals surface area contributed by atoms with Crippen LogP contribution in [0.5, 0.6) is 11.5 Å². The third kappa shape index (κ3) is 3.75. The SMILES string of the molecule is CCOc1cccc(OC(CN)c2cccc(C)c2)c1. The van der Waals surface area contributed by atoms with Crippen molar-refractivity contribution in [2.75, 3.05) is 13.2 Å². The maximum absolute atomic E-state index is 5.99. The quantitative estimate of drug-likeness (QED) is 0.875. The second kappa shape index (κ2) is 6.96. The van der Waals surface area contributed by atoms with Gasteiger partial charge in [0.15, 0.2) is 0 Å². The van der Waals surface area contributed by atoms with Crippen molar-refractivity contribution in [3.63, 3.8) is 0 Å². The Morgan fingerprint density at radius 1 is 1.05 bits per heavy atom. The molecule has 0 aliphatic rings. The van der Waals surface area contributed by atoms with Gasteiger partial charge in [-0.05, 0) is 31.5 Å². The summed E-state index contributed by atoms with van der Waals surface area (Å²) < 4.78 is 11.5. The molecule has 0 aliphatic heterocycles. The molecular weight excluding hydrogens is 250 g/mol. The van der Waals surface area contributed by atoms with Gasteiger partial charge >= 0.3 is 0 Å². The summed E-state index contributed by atoms with van der Waals surface area (Å²) in [5.74, 6) is 1.58. The first-order valence-corrected chi connectivity index (χ1v) is 6.89. The van der Waals surface area contributed by atoms with E-state index in [4.69, 9.17) is 15.2 Å². The van der Waals surface area contributed by atoms with Gasteiger partial charge in [0.25, 0.3) is 0 Å². The highest BCUT2D eigenvalue weighted by molar-refractivity contribution is 5.34. The van der Waals surface area contributed by atoms with E-state index in [0.29, 0.717) is 13.2 Å². The summed E-state index contributed by atoms with van der Waals surface area (Å²) in [6.07, 6.45) is -0.147. The highest BCUT2D eigenvalue weighted by Crippen LogP contribution is 2.25. The molecule has 2 aromatic carbocycles. The largest absolute Gasteiger partial charge is 0.494 e. The number of benzene rings is 2. The van der Waals surface area contributed by atoms with E-state index in [-0.39, 0.29) is 6.10 Å². The molecule has 0 bridgehead atoms. The zero-order valence-electron chi connectivity index (χ0n) is 12.0. The predicted octanol–water partition coefficient (Wildman–Crippen LogP) is 3.47. The Bertz CT molecular complexity index is 554. The first kappa shape index (κ1) is 14.4. The molecule has 3 nitrogen and oxygen atoms in total. The first-order chi connectivity index (χ1) is 9.72. The summed E-state index contributed by atoms with van der Waals surface area (Å²) >= 11 is 0. The fourth-order valence-electron chi connectivity index (χ4n) is 2.09. The molecule has 1 unspecified atom stereocenters. The van der Waals surface area contributed by atoms with Crippen molar-refractivity contribution in [1.29, 1.82) is 0 Å². The minimum absolute atomic E-state index is 0.147. The Morgan fingerprint density at radius 3 is 2.50 bits per heavy atom. The molecule has 0 saturated carbocycles. The average Bonchev–Trinajstić information content (AvgIpc) is 2.45. The van der Waals surface area contributed by atoms with Gasteiger partial charge in [-0.2, -0.15) is 0 Å². The van der Waals surface area contributed by atoms with Crippen molar-refractivity contribution in [2.24, 2.45) is 5.73 Å². The van der Waals surface area contributed by atoms with Gasteiger partial charge in [0.2, 0.25) is 0 Å². The molecule has 0 aliphatic carbocycles. The van der Waals surface area contributed by atoms with Gasteiger partial charge in [-0.15, -0.1) is 0 Å². The third-order valence-electron chi connectivity index (χ3n) is 3.02. The van der Waals surface area contributed by atoms with Crippen LogP contribution in [0.15, 0.2) is 48.5 Å². The fraction of sp³-hybridized carbons (Fsp3) is 0.294. The van der Waals surface area contributed by atoms with E-state index in [1.807, 2.05) is 43.3 Å². The topological polar surface area (TPSA) is 44.5 Å².